The molecule has 1 aliphatic heterocycles. The third-order valence-electron chi connectivity index (χ3n) is 3.60. The first-order chi connectivity index (χ1) is 9.22. The predicted octanol–water partition coefficient (Wildman–Crippen LogP) is 1.80. The molecule has 0 spiro atoms. The summed E-state index contributed by atoms with van der Waals surface area (Å²) in [5.74, 6) is 1.22. The maximum absolute atomic E-state index is 11.4. The molecule has 0 unspecified atom stereocenters. The number of hydrogen-bond acceptors (Lipinski definition) is 4. The van der Waals surface area contributed by atoms with E-state index in [4.69, 9.17) is 4.74 Å². The molecule has 19 heavy (non-hydrogen) atoms. The summed E-state index contributed by atoms with van der Waals surface area (Å²) in [4.78, 5) is 16.0. The van der Waals surface area contributed by atoms with Gasteiger partial charge in [0.15, 0.2) is 0 Å². The van der Waals surface area contributed by atoms with E-state index in [2.05, 4.69) is 21.9 Å². The average Bonchev–Trinajstić information content (AvgIpc) is 2.48. The topological polar surface area (TPSA) is 32.8 Å². The molecule has 0 aliphatic carbocycles. The maximum Gasteiger partial charge on any atom is 0.146 e. The largest absolute Gasteiger partial charge is 0.497 e. The average molecular weight is 262 g/mol. The minimum Gasteiger partial charge on any atom is -0.497 e. The van der Waals surface area contributed by atoms with Crippen LogP contribution in [0.2, 0.25) is 0 Å². The van der Waals surface area contributed by atoms with Gasteiger partial charge in [-0.1, -0.05) is 6.92 Å². The van der Waals surface area contributed by atoms with Crippen LogP contribution in [0.4, 0.5) is 5.69 Å². The number of carbonyl (C=O) groups is 1. The van der Waals surface area contributed by atoms with E-state index in [1.165, 1.54) is 5.69 Å². The van der Waals surface area contributed by atoms with Gasteiger partial charge < -0.3 is 9.64 Å². The van der Waals surface area contributed by atoms with Crippen molar-refractivity contribution < 1.29 is 9.53 Å². The third-order valence-corrected chi connectivity index (χ3v) is 3.60. The van der Waals surface area contributed by atoms with E-state index >= 15 is 0 Å². The number of nitrogens with zero attached hydrogens (tertiary/aromatic N) is 2. The zero-order chi connectivity index (χ0) is 13.7. The van der Waals surface area contributed by atoms with Crippen LogP contribution in [0.5, 0.6) is 5.75 Å². The van der Waals surface area contributed by atoms with Crippen molar-refractivity contribution in [3.63, 3.8) is 0 Å². The Labute approximate surface area is 115 Å². The zero-order valence-electron chi connectivity index (χ0n) is 11.8. The molecule has 1 aliphatic rings. The first kappa shape index (κ1) is 13.9. The Balaban J connectivity index is 1.86. The first-order valence-electron chi connectivity index (χ1n) is 6.86. The molecule has 0 N–H and O–H groups in total. The Hall–Kier alpha value is -1.55. The van der Waals surface area contributed by atoms with Crippen LogP contribution in [0, 0.1) is 0 Å². The molecular weight excluding hydrogens is 240 g/mol. The fourth-order valence-corrected chi connectivity index (χ4v) is 2.32. The SMILES string of the molecule is CCC(=O)CN1CCN(c2ccc(OC)cc2)CC1. The lowest BCUT2D eigenvalue weighted by Crippen LogP contribution is -2.47. The summed E-state index contributed by atoms with van der Waals surface area (Å²) in [6.07, 6.45) is 0.638. The van der Waals surface area contributed by atoms with E-state index < -0.39 is 0 Å². The molecule has 0 radical (unpaired) electrons. The number of ketones is 1. The molecule has 0 amide bonds. The number of piperazine rings is 1. The number of methoxy groups -OCH3 is 1. The second kappa shape index (κ2) is 6.57. The molecule has 4 nitrogen and oxygen atoms in total. The molecule has 1 aromatic carbocycles. The molecule has 0 saturated carbocycles. The molecule has 1 saturated heterocycles. The highest BCUT2D eigenvalue weighted by atomic mass is 16.5. The van der Waals surface area contributed by atoms with Crippen molar-refractivity contribution in [2.24, 2.45) is 0 Å². The maximum atomic E-state index is 11.4. The Morgan fingerprint density at radius 1 is 1.16 bits per heavy atom. The highest BCUT2D eigenvalue weighted by molar-refractivity contribution is 5.80. The van der Waals surface area contributed by atoms with Gasteiger partial charge in [-0.25, -0.2) is 0 Å². The van der Waals surface area contributed by atoms with E-state index in [0.29, 0.717) is 18.7 Å². The van der Waals surface area contributed by atoms with E-state index in [1.54, 1.807) is 7.11 Å². The van der Waals surface area contributed by atoms with Gasteiger partial charge in [0.2, 0.25) is 0 Å². The Kier molecular flexibility index (Phi) is 4.80. The summed E-state index contributed by atoms with van der Waals surface area (Å²) in [6.45, 7) is 6.39. The monoisotopic (exact) mass is 262 g/mol. The number of benzene rings is 1. The van der Waals surface area contributed by atoms with E-state index in [0.717, 1.165) is 31.9 Å². The van der Waals surface area contributed by atoms with E-state index in [9.17, 15) is 4.79 Å². The first-order valence-corrected chi connectivity index (χ1v) is 6.86. The molecule has 2 rings (SSSR count). The molecule has 4 heteroatoms. The molecule has 1 heterocycles. The summed E-state index contributed by atoms with van der Waals surface area (Å²) >= 11 is 0. The lowest BCUT2D eigenvalue weighted by atomic mass is 10.2. The molecule has 1 fully saturated rings. The summed E-state index contributed by atoms with van der Waals surface area (Å²) in [5.41, 5.74) is 1.22. The van der Waals surface area contributed by atoms with E-state index in [1.807, 2.05) is 19.1 Å². The third kappa shape index (κ3) is 3.70. The van der Waals surface area contributed by atoms with E-state index in [-0.39, 0.29) is 0 Å². The van der Waals surface area contributed by atoms with Gasteiger partial charge in [-0.05, 0) is 24.3 Å². The van der Waals surface area contributed by atoms with Gasteiger partial charge in [0.05, 0.1) is 13.7 Å². The van der Waals surface area contributed by atoms with Gasteiger partial charge in [-0.2, -0.15) is 0 Å². The minimum absolute atomic E-state index is 0.331. The summed E-state index contributed by atoms with van der Waals surface area (Å²) in [7, 11) is 1.68. The lowest BCUT2D eigenvalue weighted by Gasteiger charge is -2.35. The number of Topliss-reactive ketones (excluding diaryl/α,β-unsaturated/α-hetero) is 1. The minimum atomic E-state index is 0.331. The molecule has 0 aromatic heterocycles. The van der Waals surface area contributed by atoms with Crippen molar-refractivity contribution in [1.29, 1.82) is 0 Å². The van der Waals surface area contributed by atoms with Gasteiger partial charge in [-0.15, -0.1) is 0 Å². The zero-order valence-corrected chi connectivity index (χ0v) is 11.8. The van der Waals surface area contributed by atoms with Gasteiger partial charge in [-0.3, -0.25) is 9.69 Å². The molecule has 1 aromatic rings. The normalized spacial score (nSPS) is 16.4. The number of hydrogen-bond donors (Lipinski definition) is 0. The number of anilines is 1. The van der Waals surface area contributed by atoms with Gasteiger partial charge in [0.25, 0.3) is 0 Å². The highest BCUT2D eigenvalue weighted by Gasteiger charge is 2.18. The smallest absolute Gasteiger partial charge is 0.146 e. The summed E-state index contributed by atoms with van der Waals surface area (Å²) < 4.78 is 5.17. The molecular formula is C15H22N2O2. The van der Waals surface area contributed by atoms with Crippen LogP contribution < -0.4 is 9.64 Å². The van der Waals surface area contributed by atoms with Gasteiger partial charge >= 0.3 is 0 Å². The number of rotatable bonds is 5. The number of ether oxygens (including phenoxy) is 1. The molecule has 104 valence electrons. The Morgan fingerprint density at radius 2 is 1.79 bits per heavy atom. The second-order valence-electron chi connectivity index (χ2n) is 4.85. The van der Waals surface area contributed by atoms with Crippen LogP contribution in [-0.4, -0.2) is 50.5 Å². The highest BCUT2D eigenvalue weighted by Crippen LogP contribution is 2.20. The van der Waals surface area contributed by atoms with Crippen LogP contribution >= 0.6 is 0 Å². The van der Waals surface area contributed by atoms with Gasteiger partial charge in [0.1, 0.15) is 11.5 Å². The van der Waals surface area contributed by atoms with Gasteiger partial charge in [0, 0.05) is 38.3 Å². The summed E-state index contributed by atoms with van der Waals surface area (Å²) in [5, 5.41) is 0. The fraction of sp³-hybridized carbons (Fsp3) is 0.533. The van der Waals surface area contributed by atoms with Crippen molar-refractivity contribution in [3.05, 3.63) is 24.3 Å². The van der Waals surface area contributed by atoms with Crippen LogP contribution in [0.25, 0.3) is 0 Å². The standard InChI is InChI=1S/C15H22N2O2/c1-3-14(18)12-16-8-10-17(11-9-16)13-4-6-15(19-2)7-5-13/h4-7H,3,8-12H2,1-2H3. The molecule has 0 bridgehead atoms. The van der Waals surface area contributed by atoms with Crippen molar-refractivity contribution in [2.45, 2.75) is 13.3 Å². The van der Waals surface area contributed by atoms with Crippen LogP contribution in [0.15, 0.2) is 24.3 Å². The van der Waals surface area contributed by atoms with Crippen LogP contribution in [0.3, 0.4) is 0 Å². The number of carbonyl (C=O) groups excluding carboxylic acids is 1. The quantitative estimate of drug-likeness (QED) is 0.810. The Morgan fingerprint density at radius 3 is 2.32 bits per heavy atom. The van der Waals surface area contributed by atoms with Crippen LogP contribution in [0.1, 0.15) is 13.3 Å². The second-order valence-corrected chi connectivity index (χ2v) is 4.85. The van der Waals surface area contributed by atoms with Crippen molar-refractivity contribution in [3.8, 4) is 5.75 Å². The fourth-order valence-electron chi connectivity index (χ4n) is 2.32. The van der Waals surface area contributed by atoms with Crippen molar-refractivity contribution in [1.82, 2.24) is 4.90 Å². The van der Waals surface area contributed by atoms with Crippen molar-refractivity contribution >= 4 is 11.5 Å². The lowest BCUT2D eigenvalue weighted by molar-refractivity contribution is -0.119. The van der Waals surface area contributed by atoms with Crippen LogP contribution in [-0.2, 0) is 4.79 Å². The van der Waals surface area contributed by atoms with Crippen molar-refractivity contribution in [2.75, 3.05) is 44.7 Å². The molecule has 0 atom stereocenters. The Bertz CT molecular complexity index is 409. The summed E-state index contributed by atoms with van der Waals surface area (Å²) in [6, 6.07) is 8.15. The predicted molar refractivity (Wildman–Crippen MR) is 76.9 cm³/mol.